The maximum Gasteiger partial charge on any atom is 0.335 e. The minimum atomic E-state index is -0.935. The Morgan fingerprint density at radius 2 is 1.80 bits per heavy atom. The molecule has 0 saturated carbocycles. The summed E-state index contributed by atoms with van der Waals surface area (Å²) < 4.78 is 0. The summed E-state index contributed by atoms with van der Waals surface area (Å²) in [6.07, 6.45) is 10.4. The molecule has 1 aromatic heterocycles. The zero-order valence-corrected chi connectivity index (χ0v) is 25.2. The van der Waals surface area contributed by atoms with E-state index in [4.69, 9.17) is 5.11 Å². The van der Waals surface area contributed by atoms with E-state index in [-0.39, 0.29) is 17.4 Å². The number of aromatic nitrogens is 1. The summed E-state index contributed by atoms with van der Waals surface area (Å²) in [5, 5.41) is 12.0. The van der Waals surface area contributed by atoms with E-state index in [1.54, 1.807) is 30.8 Å². The van der Waals surface area contributed by atoms with Crippen molar-refractivity contribution >= 4 is 35.6 Å². The quantitative estimate of drug-likeness (QED) is 0.231. The number of benzene rings is 1. The number of hydrogen-bond acceptors (Lipinski definition) is 4. The fraction of sp³-hybridized carbons (Fsp3) is 0.344. The first-order chi connectivity index (χ1) is 19.6. The molecule has 2 aromatic rings. The number of piperazine rings is 1. The molecule has 0 atom stereocenters. The van der Waals surface area contributed by atoms with E-state index < -0.39 is 5.97 Å². The summed E-state index contributed by atoms with van der Waals surface area (Å²) in [6.45, 7) is 10.8. The third kappa shape index (κ3) is 7.81. The third-order valence-electron chi connectivity index (χ3n) is 7.12. The Kier molecular flexibility index (Phi) is 11.2. The second-order valence-corrected chi connectivity index (χ2v) is 11.1. The van der Waals surface area contributed by atoms with Crippen LogP contribution in [0, 0.1) is 26.2 Å². The first-order valence-corrected chi connectivity index (χ1v) is 14.7. The number of nitrogens with zero attached hydrogens (tertiary/aromatic N) is 1. The smallest absolute Gasteiger partial charge is 0.335 e. The molecular weight excluding hydrogens is 536 g/mol. The molecule has 3 heterocycles. The van der Waals surface area contributed by atoms with Gasteiger partial charge in [0.2, 0.25) is 0 Å². The number of carboxylic acid groups (broad SMARTS) is 1. The van der Waals surface area contributed by atoms with Gasteiger partial charge < -0.3 is 25.2 Å². The van der Waals surface area contributed by atoms with Crippen molar-refractivity contribution in [1.29, 1.82) is 0 Å². The van der Waals surface area contributed by atoms with E-state index >= 15 is 0 Å². The number of thioether (sulfide) groups is 1. The molecule has 0 radical (unpaired) electrons. The normalized spacial score (nSPS) is 18.3. The zero-order valence-electron chi connectivity index (χ0n) is 24.4. The third-order valence-corrected chi connectivity index (χ3v) is 8.06. The number of carbonyl (C=O) groups excluding carboxylic acids is 2. The van der Waals surface area contributed by atoms with Crippen molar-refractivity contribution in [2.75, 3.05) is 39.0 Å². The Morgan fingerprint density at radius 1 is 1.17 bits per heavy atom. The molecule has 8 nitrogen and oxygen atoms in total. The second kappa shape index (κ2) is 14.6. The molecular formula is C32H39N4O4S+. The van der Waals surface area contributed by atoms with E-state index in [0.29, 0.717) is 16.9 Å². The van der Waals surface area contributed by atoms with E-state index in [2.05, 4.69) is 29.7 Å². The lowest BCUT2D eigenvalue weighted by atomic mass is 10.0. The van der Waals surface area contributed by atoms with E-state index in [1.165, 1.54) is 4.90 Å². The van der Waals surface area contributed by atoms with Gasteiger partial charge in [-0.2, -0.15) is 11.8 Å². The van der Waals surface area contributed by atoms with Crippen LogP contribution in [0.25, 0.3) is 6.08 Å². The standard InChI is InChI=1S/C29H34N4O4S.C3H4/c1-5-24-22(10-15-38-17-20-6-8-21(9-7-20)29(36)37)23(27(34)31-24)16-25-18(2)26(19(3)30-25)28(35)33-13-11-32(4)12-14-33;1-3-2/h5-10,16,30H,11-15,17H2,1-4H3,(H,31,34)(H,36,37);1H,2H3/p+1/b22-10-,23-16-,24-5+;. The lowest BCUT2D eigenvalue weighted by molar-refractivity contribution is -0.883. The minimum absolute atomic E-state index is 0.0435. The van der Waals surface area contributed by atoms with Crippen LogP contribution in [0.3, 0.4) is 0 Å². The maximum absolute atomic E-state index is 13.3. The predicted octanol–water partition coefficient (Wildman–Crippen LogP) is 3.22. The molecule has 2 fully saturated rings. The van der Waals surface area contributed by atoms with Crippen molar-refractivity contribution in [3.05, 3.63) is 86.9 Å². The van der Waals surface area contributed by atoms with Crippen molar-refractivity contribution in [2.24, 2.45) is 0 Å². The van der Waals surface area contributed by atoms with Crippen LogP contribution in [0.4, 0.5) is 0 Å². The number of quaternary nitrogens is 1. The van der Waals surface area contributed by atoms with Crippen LogP contribution < -0.4 is 10.2 Å². The highest BCUT2D eigenvalue weighted by Gasteiger charge is 2.29. The summed E-state index contributed by atoms with van der Waals surface area (Å²) in [5.74, 6) is 2.60. The molecule has 2 aliphatic rings. The monoisotopic (exact) mass is 575 g/mol. The summed E-state index contributed by atoms with van der Waals surface area (Å²) >= 11 is 1.68. The molecule has 216 valence electrons. The fourth-order valence-electron chi connectivity index (χ4n) is 4.81. The molecule has 0 bridgehead atoms. The molecule has 9 heteroatoms. The van der Waals surface area contributed by atoms with Crippen LogP contribution >= 0.6 is 11.8 Å². The van der Waals surface area contributed by atoms with Crippen LogP contribution in [0.2, 0.25) is 0 Å². The van der Waals surface area contributed by atoms with Gasteiger partial charge >= 0.3 is 5.97 Å². The average molecular weight is 576 g/mol. The Balaban J connectivity index is 0.00000147. The summed E-state index contributed by atoms with van der Waals surface area (Å²) in [6, 6.07) is 6.87. The van der Waals surface area contributed by atoms with Crippen molar-refractivity contribution in [3.8, 4) is 12.3 Å². The molecule has 4 rings (SSSR count). The number of aryl methyl sites for hydroxylation is 1. The van der Waals surface area contributed by atoms with E-state index in [1.807, 2.05) is 56.0 Å². The number of aromatic carboxylic acids is 1. The van der Waals surface area contributed by atoms with E-state index in [9.17, 15) is 14.4 Å². The highest BCUT2D eigenvalue weighted by atomic mass is 32.2. The average Bonchev–Trinajstić information content (AvgIpc) is 3.41. The van der Waals surface area contributed by atoms with Gasteiger partial charge in [0.15, 0.2) is 0 Å². The van der Waals surface area contributed by atoms with Gasteiger partial charge in [-0.3, -0.25) is 9.59 Å². The first-order valence-electron chi connectivity index (χ1n) is 13.6. The lowest BCUT2D eigenvalue weighted by Crippen LogP contribution is -3.12. The Morgan fingerprint density at radius 3 is 2.39 bits per heavy atom. The molecule has 0 spiro atoms. The highest BCUT2D eigenvalue weighted by molar-refractivity contribution is 7.98. The van der Waals surface area contributed by atoms with Gasteiger partial charge in [0, 0.05) is 34.2 Å². The van der Waals surface area contributed by atoms with Crippen LogP contribution in [-0.2, 0) is 10.5 Å². The zero-order chi connectivity index (χ0) is 30.1. The number of rotatable bonds is 7. The summed E-state index contributed by atoms with van der Waals surface area (Å²) in [7, 11) is 2.15. The van der Waals surface area contributed by atoms with Crippen LogP contribution in [-0.4, -0.2) is 71.8 Å². The fourth-order valence-corrected chi connectivity index (χ4v) is 5.64. The molecule has 4 N–H and O–H groups in total. The molecule has 2 aliphatic heterocycles. The second-order valence-electron chi connectivity index (χ2n) is 10.1. The van der Waals surface area contributed by atoms with Gasteiger partial charge in [0.05, 0.1) is 49.9 Å². The lowest BCUT2D eigenvalue weighted by Gasteiger charge is -2.30. The van der Waals surface area contributed by atoms with Crippen molar-refractivity contribution < 1.29 is 24.4 Å². The number of carbonyl (C=O) groups is 3. The molecule has 2 amide bonds. The van der Waals surface area contributed by atoms with Gasteiger partial charge in [0.1, 0.15) is 0 Å². The number of aromatic amines is 1. The SMILES string of the molecule is C#CC.C/C=C1/NC(=O)C(=C\c2[nH]c(C)c(C(=O)N3CC[NH+](C)CC3)c2C)/C1=C/CSCc1ccc(C(=O)O)cc1. The maximum atomic E-state index is 13.3. The number of likely N-dealkylation sites (N-methyl/N-ethyl adjacent to an activating group) is 1. The van der Waals surface area contributed by atoms with Gasteiger partial charge in [0.25, 0.3) is 11.8 Å². The van der Waals surface area contributed by atoms with Crippen molar-refractivity contribution in [1.82, 2.24) is 15.2 Å². The minimum Gasteiger partial charge on any atom is -0.478 e. The van der Waals surface area contributed by atoms with Crippen molar-refractivity contribution in [3.63, 3.8) is 0 Å². The van der Waals surface area contributed by atoms with Crippen molar-refractivity contribution in [2.45, 2.75) is 33.4 Å². The molecule has 1 aromatic carbocycles. The van der Waals surface area contributed by atoms with Gasteiger partial charge in [-0.05, 0) is 57.0 Å². The Labute approximate surface area is 246 Å². The summed E-state index contributed by atoms with van der Waals surface area (Å²) in [5.41, 5.74) is 6.61. The van der Waals surface area contributed by atoms with Crippen LogP contribution in [0.5, 0.6) is 0 Å². The Bertz CT molecular complexity index is 1420. The van der Waals surface area contributed by atoms with Gasteiger partial charge in [-0.15, -0.1) is 12.3 Å². The molecule has 2 saturated heterocycles. The molecule has 41 heavy (non-hydrogen) atoms. The number of allylic oxidation sites excluding steroid dienone is 2. The number of carboxylic acids is 1. The van der Waals surface area contributed by atoms with Crippen LogP contribution in [0.1, 0.15) is 57.1 Å². The number of nitrogens with one attached hydrogen (secondary N) is 3. The first kappa shape index (κ1) is 31.5. The number of terminal acetylenes is 1. The Hall–Kier alpha value is -4.00. The number of H-pyrrole nitrogens is 1. The van der Waals surface area contributed by atoms with Gasteiger partial charge in [-0.25, -0.2) is 4.79 Å². The highest BCUT2D eigenvalue weighted by Crippen LogP contribution is 2.30. The largest absolute Gasteiger partial charge is 0.478 e. The summed E-state index contributed by atoms with van der Waals surface area (Å²) in [4.78, 5) is 44.0. The molecule has 0 unspecified atom stereocenters. The molecule has 0 aliphatic carbocycles. The number of amides is 2. The predicted molar refractivity (Wildman–Crippen MR) is 165 cm³/mol. The van der Waals surface area contributed by atoms with Gasteiger partial charge in [-0.1, -0.05) is 24.3 Å². The van der Waals surface area contributed by atoms with E-state index in [0.717, 1.165) is 65.7 Å². The number of hydrogen-bond donors (Lipinski definition) is 4. The topological polar surface area (TPSA) is 107 Å². The van der Waals surface area contributed by atoms with Crippen LogP contribution in [0.15, 0.2) is 53.3 Å².